The first-order chi connectivity index (χ1) is 15.6. The highest BCUT2D eigenvalue weighted by Crippen LogP contribution is 2.31. The highest BCUT2D eigenvalue weighted by molar-refractivity contribution is 7.15. The number of aliphatic hydroxyl groups excluding tert-OH is 1. The van der Waals surface area contributed by atoms with Gasteiger partial charge in [0.25, 0.3) is 0 Å². The molecule has 2 heterocycles. The van der Waals surface area contributed by atoms with Gasteiger partial charge in [0.15, 0.2) is 0 Å². The first kappa shape index (κ1) is 24.6. The lowest BCUT2D eigenvalue weighted by Crippen LogP contribution is -2.26. The Bertz CT molecular complexity index is 923. The number of alkyl halides is 1. The third kappa shape index (κ3) is 6.99. The van der Waals surface area contributed by atoms with E-state index in [0.29, 0.717) is 5.56 Å². The summed E-state index contributed by atoms with van der Waals surface area (Å²) < 4.78 is 18.7. The van der Waals surface area contributed by atoms with E-state index in [2.05, 4.69) is 50.3 Å². The van der Waals surface area contributed by atoms with Gasteiger partial charge in [-0.3, -0.25) is 0 Å². The number of hydrogen-bond acceptors (Lipinski definition) is 3. The summed E-state index contributed by atoms with van der Waals surface area (Å²) in [4.78, 5) is 2.50. The molecule has 32 heavy (non-hydrogen) atoms. The molecule has 1 aromatic heterocycles. The van der Waals surface area contributed by atoms with Crippen LogP contribution in [0.3, 0.4) is 0 Å². The smallest absolute Gasteiger partial charge is 0.115 e. The summed E-state index contributed by atoms with van der Waals surface area (Å²) in [7, 11) is 0. The van der Waals surface area contributed by atoms with Crippen molar-refractivity contribution in [3.8, 4) is 10.4 Å². The SMILES string of the molecule is C\C=C/C(CC)=C(\C=C\C[C@@H]1OCCCC[C@H]1O)Cc1ccc(-c2ccc(CF)cc2)s1. The number of thiophene rings is 1. The molecule has 1 aliphatic rings. The molecule has 0 unspecified atom stereocenters. The Morgan fingerprint density at radius 3 is 2.66 bits per heavy atom. The molecule has 1 saturated heterocycles. The maximum atomic E-state index is 12.8. The molecular weight excluding hydrogens is 419 g/mol. The van der Waals surface area contributed by atoms with E-state index in [1.165, 1.54) is 20.9 Å². The van der Waals surface area contributed by atoms with Crippen LogP contribution in [0.25, 0.3) is 10.4 Å². The molecule has 0 aliphatic carbocycles. The van der Waals surface area contributed by atoms with Crippen LogP contribution in [-0.4, -0.2) is 23.9 Å². The minimum Gasteiger partial charge on any atom is -0.390 e. The Morgan fingerprint density at radius 1 is 1.12 bits per heavy atom. The van der Waals surface area contributed by atoms with E-state index >= 15 is 0 Å². The second-order valence-electron chi connectivity index (χ2n) is 8.29. The maximum absolute atomic E-state index is 12.8. The lowest BCUT2D eigenvalue weighted by Gasteiger charge is -2.18. The van der Waals surface area contributed by atoms with E-state index < -0.39 is 6.67 Å². The van der Waals surface area contributed by atoms with Crippen molar-refractivity contribution in [1.29, 1.82) is 0 Å². The average Bonchev–Trinajstić information content (AvgIpc) is 3.19. The van der Waals surface area contributed by atoms with Crippen molar-refractivity contribution in [3.63, 3.8) is 0 Å². The van der Waals surface area contributed by atoms with Gasteiger partial charge < -0.3 is 9.84 Å². The number of rotatable bonds is 9. The molecule has 172 valence electrons. The molecular formula is C28H35FO2S. The van der Waals surface area contributed by atoms with Gasteiger partial charge in [0.1, 0.15) is 6.67 Å². The van der Waals surface area contributed by atoms with Crippen LogP contribution in [0.15, 0.2) is 71.8 Å². The zero-order valence-corrected chi connectivity index (χ0v) is 20.0. The summed E-state index contributed by atoms with van der Waals surface area (Å²) >= 11 is 1.79. The van der Waals surface area contributed by atoms with Crippen LogP contribution < -0.4 is 0 Å². The minimum absolute atomic E-state index is 0.109. The molecule has 1 N–H and O–H groups in total. The number of allylic oxidation sites excluding steroid dienone is 5. The van der Waals surface area contributed by atoms with Gasteiger partial charge in [-0.1, -0.05) is 55.5 Å². The van der Waals surface area contributed by atoms with Gasteiger partial charge in [0.05, 0.1) is 12.2 Å². The van der Waals surface area contributed by atoms with E-state index in [1.54, 1.807) is 11.3 Å². The molecule has 1 aromatic carbocycles. The predicted molar refractivity (Wildman–Crippen MR) is 134 cm³/mol. The molecule has 2 nitrogen and oxygen atoms in total. The number of benzene rings is 1. The van der Waals surface area contributed by atoms with Crippen molar-refractivity contribution in [3.05, 3.63) is 82.3 Å². The van der Waals surface area contributed by atoms with Gasteiger partial charge in [-0.05, 0) is 73.4 Å². The topological polar surface area (TPSA) is 29.5 Å². The fraction of sp³-hybridized carbons (Fsp3) is 0.429. The normalized spacial score (nSPS) is 20.6. The molecule has 1 fully saturated rings. The summed E-state index contributed by atoms with van der Waals surface area (Å²) in [6.45, 7) is 4.55. The van der Waals surface area contributed by atoms with Crippen LogP contribution in [0.1, 0.15) is 56.4 Å². The van der Waals surface area contributed by atoms with E-state index in [1.807, 2.05) is 24.3 Å². The number of ether oxygens (including phenoxy) is 1. The summed E-state index contributed by atoms with van der Waals surface area (Å²) in [6, 6.07) is 12.1. The van der Waals surface area contributed by atoms with Gasteiger partial charge in [0, 0.05) is 22.8 Å². The molecule has 4 heteroatoms. The van der Waals surface area contributed by atoms with Crippen LogP contribution >= 0.6 is 11.3 Å². The van der Waals surface area contributed by atoms with Crippen LogP contribution in [0, 0.1) is 0 Å². The fourth-order valence-electron chi connectivity index (χ4n) is 4.06. The molecule has 0 amide bonds. The zero-order valence-electron chi connectivity index (χ0n) is 19.2. The zero-order chi connectivity index (χ0) is 22.8. The van der Waals surface area contributed by atoms with Crippen LogP contribution in [-0.2, 0) is 17.8 Å². The quantitative estimate of drug-likeness (QED) is 0.396. The summed E-state index contributed by atoms with van der Waals surface area (Å²) in [5.74, 6) is 0. The largest absolute Gasteiger partial charge is 0.390 e. The number of hydrogen-bond donors (Lipinski definition) is 1. The average molecular weight is 455 g/mol. The predicted octanol–water partition coefficient (Wildman–Crippen LogP) is 7.59. The Kier molecular flexibility index (Phi) is 9.91. The first-order valence-corrected chi connectivity index (χ1v) is 12.5. The molecule has 3 rings (SSSR count). The molecule has 0 radical (unpaired) electrons. The third-order valence-electron chi connectivity index (χ3n) is 5.92. The highest BCUT2D eigenvalue weighted by Gasteiger charge is 2.21. The standard InChI is InChI=1S/C28H35FO2S/c1-3-8-22(4-2)24(9-7-11-27-26(30)10-5-6-18-31-27)19-25-16-17-28(32-25)23-14-12-21(20-29)13-15-23/h3,7-9,12-17,26-27,30H,4-6,10-11,18-20H2,1-2H3/b8-3-,9-7+,24-22+/t26-,27+/m1/s1. The molecule has 1 aliphatic heterocycles. The fourth-order valence-corrected chi connectivity index (χ4v) is 5.10. The van der Waals surface area contributed by atoms with E-state index in [9.17, 15) is 9.50 Å². The van der Waals surface area contributed by atoms with Gasteiger partial charge >= 0.3 is 0 Å². The van der Waals surface area contributed by atoms with Gasteiger partial charge in [-0.2, -0.15) is 0 Å². The Morgan fingerprint density at radius 2 is 1.94 bits per heavy atom. The maximum Gasteiger partial charge on any atom is 0.115 e. The number of aliphatic hydroxyl groups is 1. The van der Waals surface area contributed by atoms with Crippen LogP contribution in [0.5, 0.6) is 0 Å². The van der Waals surface area contributed by atoms with Crippen molar-refractivity contribution in [2.45, 2.75) is 71.3 Å². The van der Waals surface area contributed by atoms with Crippen LogP contribution in [0.2, 0.25) is 0 Å². The van der Waals surface area contributed by atoms with E-state index in [0.717, 1.165) is 50.7 Å². The Balaban J connectivity index is 1.75. The summed E-state index contributed by atoms with van der Waals surface area (Å²) in [5.41, 5.74) is 4.47. The minimum atomic E-state index is -0.426. The Labute approximate surface area is 196 Å². The van der Waals surface area contributed by atoms with Crippen molar-refractivity contribution in [2.75, 3.05) is 6.61 Å². The van der Waals surface area contributed by atoms with Gasteiger partial charge in [-0.25, -0.2) is 4.39 Å². The lowest BCUT2D eigenvalue weighted by molar-refractivity contribution is -0.0229. The van der Waals surface area contributed by atoms with Crippen molar-refractivity contribution in [2.24, 2.45) is 0 Å². The molecule has 2 aromatic rings. The second kappa shape index (κ2) is 12.9. The summed E-state index contributed by atoms with van der Waals surface area (Å²) in [5, 5.41) is 10.3. The van der Waals surface area contributed by atoms with E-state index in [-0.39, 0.29) is 12.2 Å². The van der Waals surface area contributed by atoms with E-state index in [4.69, 9.17) is 4.74 Å². The van der Waals surface area contributed by atoms with Crippen molar-refractivity contribution >= 4 is 11.3 Å². The highest BCUT2D eigenvalue weighted by atomic mass is 32.1. The second-order valence-corrected chi connectivity index (χ2v) is 9.46. The third-order valence-corrected chi connectivity index (χ3v) is 7.06. The van der Waals surface area contributed by atoms with Gasteiger partial charge in [-0.15, -0.1) is 11.3 Å². The first-order valence-electron chi connectivity index (χ1n) is 11.7. The molecule has 0 spiro atoms. The van der Waals surface area contributed by atoms with Crippen molar-refractivity contribution in [1.82, 2.24) is 0 Å². The summed E-state index contributed by atoms with van der Waals surface area (Å²) in [6.07, 6.45) is 13.6. The Hall–Kier alpha value is -2.01. The molecule has 0 saturated carbocycles. The lowest BCUT2D eigenvalue weighted by atomic mass is 9.99. The van der Waals surface area contributed by atoms with Gasteiger partial charge in [0.2, 0.25) is 0 Å². The number of halogens is 1. The van der Waals surface area contributed by atoms with Crippen LogP contribution in [0.4, 0.5) is 4.39 Å². The molecule has 0 bridgehead atoms. The monoisotopic (exact) mass is 454 g/mol. The van der Waals surface area contributed by atoms with Crippen molar-refractivity contribution < 1.29 is 14.2 Å². The molecule has 2 atom stereocenters.